The molecular weight excluding hydrogens is 453 g/mol. The minimum Gasteiger partial charge on any atom is -0.450 e. The summed E-state index contributed by atoms with van der Waals surface area (Å²) >= 11 is 1.63. The number of piperidine rings is 1. The van der Waals surface area contributed by atoms with Gasteiger partial charge >= 0.3 is 6.09 Å². The number of carbonyl (C=O) groups excluding carboxylic acids is 1. The number of ether oxygens (including phenoxy) is 1. The molecule has 2 fully saturated rings. The number of thiazole rings is 1. The molecule has 1 saturated carbocycles. The highest BCUT2D eigenvalue weighted by atomic mass is 32.1. The highest BCUT2D eigenvalue weighted by molar-refractivity contribution is 7.15. The van der Waals surface area contributed by atoms with Gasteiger partial charge in [-0.25, -0.2) is 24.1 Å². The lowest BCUT2D eigenvalue weighted by molar-refractivity contribution is 0.0970. The molecule has 0 atom stereocenters. The standard InChI is InChI=1S/C25H28FN5O2S/c1-2-33-25(32)31-13-10-18(11-14-31)23-30-21(17-5-7-19(26)8-6-17)22(34-23)20-9-12-27-24(29-20)28-15-16-3-4-16/h5-9,12,16,18H,2-4,10-11,13-15H2,1H3,(H,27,28,29). The fraction of sp³-hybridized carbons (Fsp3) is 0.440. The quantitative estimate of drug-likeness (QED) is 0.476. The molecule has 2 aromatic heterocycles. The summed E-state index contributed by atoms with van der Waals surface area (Å²) in [5.74, 6) is 1.31. The molecule has 0 unspecified atom stereocenters. The number of hydrogen-bond acceptors (Lipinski definition) is 7. The summed E-state index contributed by atoms with van der Waals surface area (Å²) in [7, 11) is 0. The second-order valence-corrected chi connectivity index (χ2v) is 9.82. The van der Waals surface area contributed by atoms with Gasteiger partial charge in [0.1, 0.15) is 5.82 Å². The molecule has 2 aliphatic rings. The Hall–Kier alpha value is -3.07. The van der Waals surface area contributed by atoms with Crippen LogP contribution in [0.2, 0.25) is 0 Å². The third-order valence-electron chi connectivity index (χ3n) is 6.27. The predicted octanol–water partition coefficient (Wildman–Crippen LogP) is 5.56. The molecule has 1 aromatic carbocycles. The smallest absolute Gasteiger partial charge is 0.409 e. The molecular formula is C25H28FN5O2S. The van der Waals surface area contributed by atoms with Crippen LogP contribution in [0.25, 0.3) is 21.8 Å². The lowest BCUT2D eigenvalue weighted by Crippen LogP contribution is -2.38. The van der Waals surface area contributed by atoms with E-state index in [4.69, 9.17) is 14.7 Å². The number of amides is 1. The molecule has 1 aliphatic heterocycles. The van der Waals surface area contributed by atoms with Gasteiger partial charge < -0.3 is 15.0 Å². The Labute approximate surface area is 202 Å². The van der Waals surface area contributed by atoms with E-state index in [-0.39, 0.29) is 17.8 Å². The first-order valence-corrected chi connectivity index (χ1v) is 12.7. The number of nitrogens with zero attached hydrogens (tertiary/aromatic N) is 4. The van der Waals surface area contributed by atoms with Gasteiger partial charge in [0.05, 0.1) is 27.9 Å². The van der Waals surface area contributed by atoms with Crippen molar-refractivity contribution in [2.75, 3.05) is 31.6 Å². The van der Waals surface area contributed by atoms with Crippen molar-refractivity contribution in [3.8, 4) is 21.8 Å². The molecule has 34 heavy (non-hydrogen) atoms. The van der Waals surface area contributed by atoms with Gasteiger partial charge in [0, 0.05) is 37.3 Å². The van der Waals surface area contributed by atoms with Crippen molar-refractivity contribution in [2.24, 2.45) is 5.92 Å². The van der Waals surface area contributed by atoms with Crippen LogP contribution in [0.4, 0.5) is 15.1 Å². The number of likely N-dealkylation sites (tertiary alicyclic amines) is 1. The number of anilines is 1. The summed E-state index contributed by atoms with van der Waals surface area (Å²) in [4.78, 5) is 28.9. The lowest BCUT2D eigenvalue weighted by atomic mass is 9.98. The predicted molar refractivity (Wildman–Crippen MR) is 130 cm³/mol. The van der Waals surface area contributed by atoms with Gasteiger partial charge in [-0.2, -0.15) is 0 Å². The maximum absolute atomic E-state index is 13.6. The monoisotopic (exact) mass is 481 g/mol. The molecule has 0 bridgehead atoms. The normalized spacial score (nSPS) is 16.5. The van der Waals surface area contributed by atoms with Crippen LogP contribution in [-0.4, -0.2) is 52.2 Å². The average molecular weight is 482 g/mol. The Morgan fingerprint density at radius 3 is 2.62 bits per heavy atom. The SMILES string of the molecule is CCOC(=O)N1CCC(c2nc(-c3ccc(F)cc3)c(-c3ccnc(NCC4CC4)n3)s2)CC1. The van der Waals surface area contributed by atoms with E-state index in [0.717, 1.165) is 52.1 Å². The molecule has 178 valence electrons. The molecule has 3 aromatic rings. The number of halogens is 1. The summed E-state index contributed by atoms with van der Waals surface area (Å²) in [5.41, 5.74) is 2.47. The van der Waals surface area contributed by atoms with Crippen molar-refractivity contribution < 1.29 is 13.9 Å². The third kappa shape index (κ3) is 5.19. The molecule has 0 radical (unpaired) electrons. The molecule has 0 spiro atoms. The molecule has 3 heterocycles. The van der Waals surface area contributed by atoms with Crippen LogP contribution in [0.5, 0.6) is 0 Å². The van der Waals surface area contributed by atoms with Crippen LogP contribution < -0.4 is 5.32 Å². The zero-order valence-electron chi connectivity index (χ0n) is 19.2. The number of rotatable bonds is 7. The Bertz CT molecular complexity index is 1140. The van der Waals surface area contributed by atoms with Crippen molar-refractivity contribution in [1.82, 2.24) is 19.9 Å². The number of nitrogens with one attached hydrogen (secondary N) is 1. The lowest BCUT2D eigenvalue weighted by Gasteiger charge is -2.30. The minimum absolute atomic E-state index is 0.248. The molecule has 1 amide bonds. The fourth-order valence-electron chi connectivity index (χ4n) is 4.14. The molecule has 1 aliphatic carbocycles. The van der Waals surface area contributed by atoms with Crippen molar-refractivity contribution in [2.45, 2.75) is 38.5 Å². The van der Waals surface area contributed by atoms with E-state index in [2.05, 4.69) is 10.3 Å². The van der Waals surface area contributed by atoms with Crippen LogP contribution in [0.15, 0.2) is 36.5 Å². The number of carbonyl (C=O) groups is 1. The highest BCUT2D eigenvalue weighted by Crippen LogP contribution is 2.41. The van der Waals surface area contributed by atoms with Crippen LogP contribution in [0.3, 0.4) is 0 Å². The first-order valence-electron chi connectivity index (χ1n) is 11.9. The topological polar surface area (TPSA) is 80.2 Å². The summed E-state index contributed by atoms with van der Waals surface area (Å²) in [5, 5.41) is 4.36. The van der Waals surface area contributed by atoms with Crippen LogP contribution in [0.1, 0.15) is 43.5 Å². The molecule has 1 N–H and O–H groups in total. The zero-order valence-corrected chi connectivity index (χ0v) is 20.0. The average Bonchev–Trinajstić information content (AvgIpc) is 3.59. The maximum atomic E-state index is 13.6. The first-order chi connectivity index (χ1) is 16.6. The van der Waals surface area contributed by atoms with E-state index in [0.29, 0.717) is 25.6 Å². The fourth-order valence-corrected chi connectivity index (χ4v) is 5.37. The Kier molecular flexibility index (Phi) is 6.71. The van der Waals surface area contributed by atoms with E-state index < -0.39 is 0 Å². The van der Waals surface area contributed by atoms with Gasteiger partial charge in [-0.3, -0.25) is 0 Å². The van der Waals surface area contributed by atoms with Crippen LogP contribution in [0, 0.1) is 11.7 Å². The second-order valence-electron chi connectivity index (χ2n) is 8.79. The summed E-state index contributed by atoms with van der Waals surface area (Å²) in [6.45, 7) is 4.38. The Morgan fingerprint density at radius 1 is 1.15 bits per heavy atom. The van der Waals surface area contributed by atoms with Crippen molar-refractivity contribution in [3.05, 3.63) is 47.4 Å². The van der Waals surface area contributed by atoms with Gasteiger partial charge in [0.2, 0.25) is 5.95 Å². The Balaban J connectivity index is 1.42. The van der Waals surface area contributed by atoms with Gasteiger partial charge in [-0.1, -0.05) is 0 Å². The molecule has 1 saturated heterocycles. The Morgan fingerprint density at radius 2 is 1.91 bits per heavy atom. The summed E-state index contributed by atoms with van der Waals surface area (Å²) in [6.07, 6.45) is 5.69. The third-order valence-corrected chi connectivity index (χ3v) is 7.51. The molecule has 7 nitrogen and oxygen atoms in total. The summed E-state index contributed by atoms with van der Waals surface area (Å²) < 4.78 is 18.7. The highest BCUT2D eigenvalue weighted by Gasteiger charge is 2.28. The minimum atomic E-state index is -0.277. The van der Waals surface area contributed by atoms with E-state index in [9.17, 15) is 9.18 Å². The van der Waals surface area contributed by atoms with Gasteiger partial charge in [-0.15, -0.1) is 11.3 Å². The number of hydrogen-bond donors (Lipinski definition) is 1. The van der Waals surface area contributed by atoms with Gasteiger partial charge in [0.15, 0.2) is 0 Å². The van der Waals surface area contributed by atoms with E-state index in [1.807, 2.05) is 13.0 Å². The summed E-state index contributed by atoms with van der Waals surface area (Å²) in [6, 6.07) is 8.33. The van der Waals surface area contributed by atoms with E-state index in [1.165, 1.54) is 25.0 Å². The zero-order chi connectivity index (χ0) is 23.5. The van der Waals surface area contributed by atoms with Crippen molar-refractivity contribution >= 4 is 23.4 Å². The van der Waals surface area contributed by atoms with Gasteiger partial charge in [0.25, 0.3) is 0 Å². The molecule has 9 heteroatoms. The van der Waals surface area contributed by atoms with Crippen LogP contribution >= 0.6 is 11.3 Å². The van der Waals surface area contributed by atoms with E-state index >= 15 is 0 Å². The molecule has 5 rings (SSSR count). The van der Waals surface area contributed by atoms with E-state index in [1.54, 1.807) is 34.6 Å². The number of benzene rings is 1. The first kappa shape index (κ1) is 22.7. The largest absolute Gasteiger partial charge is 0.450 e. The maximum Gasteiger partial charge on any atom is 0.409 e. The van der Waals surface area contributed by atoms with Gasteiger partial charge in [-0.05, 0) is 68.9 Å². The second kappa shape index (κ2) is 10.0. The van der Waals surface area contributed by atoms with Crippen molar-refractivity contribution in [1.29, 1.82) is 0 Å². The number of aromatic nitrogens is 3. The van der Waals surface area contributed by atoms with Crippen LogP contribution in [-0.2, 0) is 4.74 Å². The van der Waals surface area contributed by atoms with Crippen molar-refractivity contribution in [3.63, 3.8) is 0 Å².